The minimum absolute atomic E-state index is 0.176. The van der Waals surface area contributed by atoms with E-state index in [2.05, 4.69) is 87.3 Å². The predicted molar refractivity (Wildman–Crippen MR) is 272 cm³/mol. The normalized spacial score (nSPS) is 14.1. The third-order valence-corrected chi connectivity index (χ3v) is 13.0. The number of benzene rings is 6. The Hall–Kier alpha value is -8.36. The second kappa shape index (κ2) is 21.1. The summed E-state index contributed by atoms with van der Waals surface area (Å²) in [5.74, 6) is 4.60. The molecule has 6 heterocycles. The Kier molecular flexibility index (Phi) is 13.8. The van der Waals surface area contributed by atoms with Crippen LogP contribution >= 0.6 is 12.2 Å². The molecule has 6 aromatic carbocycles. The second-order valence-corrected chi connectivity index (χ2v) is 17.4. The number of hydrogen-bond acceptors (Lipinski definition) is 10. The van der Waals surface area contributed by atoms with Crippen LogP contribution in [-0.2, 0) is 5.54 Å². The first kappa shape index (κ1) is 46.4. The Balaban J connectivity index is 0.000000138. The molecule has 14 heteroatoms. The van der Waals surface area contributed by atoms with Gasteiger partial charge in [0.1, 0.15) is 50.9 Å². The monoisotopic (exact) mass is 964 g/mol. The second-order valence-electron chi connectivity index (χ2n) is 17.0. The van der Waals surface area contributed by atoms with Crippen molar-refractivity contribution in [3.63, 3.8) is 0 Å². The highest BCUT2D eigenvalue weighted by Gasteiger charge is 2.39. The van der Waals surface area contributed by atoms with E-state index in [0.717, 1.165) is 62.2 Å². The van der Waals surface area contributed by atoms with Crippen molar-refractivity contribution in [1.82, 2.24) is 29.5 Å². The average molecular weight is 965 g/mol. The molecule has 2 atom stereocenters. The summed E-state index contributed by atoms with van der Waals surface area (Å²) in [6.45, 7) is 7.55. The first-order valence-electron chi connectivity index (χ1n) is 23.6. The van der Waals surface area contributed by atoms with Crippen LogP contribution in [0.5, 0.6) is 34.5 Å². The molecule has 3 N–H and O–H groups in total. The lowest BCUT2D eigenvalue weighted by Gasteiger charge is -2.37. The fourth-order valence-electron chi connectivity index (χ4n) is 9.29. The molecular formula is C57H52N6O7S. The minimum Gasteiger partial charge on any atom is -0.486 e. The van der Waals surface area contributed by atoms with Crippen LogP contribution in [0.2, 0.25) is 0 Å². The third kappa shape index (κ3) is 9.53. The maximum absolute atomic E-state index is 13.7. The van der Waals surface area contributed by atoms with Crippen molar-refractivity contribution in [3.8, 4) is 34.5 Å². The number of carbonyl (C=O) groups excluding carboxylic acids is 1. The molecule has 3 aromatic heterocycles. The lowest BCUT2D eigenvalue weighted by atomic mass is 9.77. The molecule has 0 radical (unpaired) electrons. The summed E-state index contributed by atoms with van der Waals surface area (Å²) in [5, 5.41) is 0. The van der Waals surface area contributed by atoms with Crippen LogP contribution in [0.15, 0.2) is 177 Å². The summed E-state index contributed by atoms with van der Waals surface area (Å²) in [6.07, 6.45) is 9.01. The highest BCUT2D eigenvalue weighted by Crippen LogP contribution is 2.43. The van der Waals surface area contributed by atoms with Gasteiger partial charge >= 0.3 is 0 Å². The summed E-state index contributed by atoms with van der Waals surface area (Å²) < 4.78 is 36.8. The van der Waals surface area contributed by atoms with E-state index in [1.165, 1.54) is 0 Å². The molecule has 0 saturated carbocycles. The van der Waals surface area contributed by atoms with Gasteiger partial charge in [-0.1, -0.05) is 135 Å². The van der Waals surface area contributed by atoms with Crippen LogP contribution in [-0.4, -0.2) is 74.9 Å². The van der Waals surface area contributed by atoms with Crippen LogP contribution in [0.1, 0.15) is 80.9 Å². The molecule has 71 heavy (non-hydrogen) atoms. The SMILES string of the molecule is CC(c1c[nH]c(=S)[nH]1)c1cccc2c1OCCO2.CC(c1cnc[nH]1)c1cccc2c1OCCO2.O=C(c1cn(C(c2ccccc2)(c2ccccc2)c2ccccc2)cn1)c1cccc2c1OCCO2. The molecule has 12 rings (SSSR count). The van der Waals surface area contributed by atoms with Crippen molar-refractivity contribution >= 4 is 18.0 Å². The number of nitrogens with zero attached hydrogens (tertiary/aromatic N) is 3. The number of aromatic amines is 3. The smallest absolute Gasteiger partial charge is 0.216 e. The zero-order chi connectivity index (χ0) is 48.6. The molecule has 3 aliphatic heterocycles. The molecule has 0 fully saturated rings. The third-order valence-electron chi connectivity index (χ3n) is 12.8. The minimum atomic E-state index is -0.731. The largest absolute Gasteiger partial charge is 0.486 e. The van der Waals surface area contributed by atoms with Gasteiger partial charge in [-0.25, -0.2) is 9.97 Å². The summed E-state index contributed by atoms with van der Waals surface area (Å²) in [7, 11) is 0. The zero-order valence-electron chi connectivity index (χ0n) is 39.2. The molecule has 0 saturated heterocycles. The molecule has 0 aliphatic carbocycles. The number of fused-ring (bicyclic) bond motifs is 3. The molecule has 0 spiro atoms. The van der Waals surface area contributed by atoms with Crippen molar-refractivity contribution in [2.24, 2.45) is 0 Å². The number of H-pyrrole nitrogens is 3. The van der Waals surface area contributed by atoms with Crippen LogP contribution in [0.25, 0.3) is 0 Å². The number of imidazole rings is 3. The van der Waals surface area contributed by atoms with E-state index >= 15 is 0 Å². The Morgan fingerprint density at radius 1 is 0.577 bits per heavy atom. The van der Waals surface area contributed by atoms with Crippen molar-refractivity contribution in [2.75, 3.05) is 39.6 Å². The van der Waals surface area contributed by atoms with Gasteiger partial charge in [-0.3, -0.25) is 4.79 Å². The number of nitrogens with one attached hydrogen (secondary N) is 3. The zero-order valence-corrected chi connectivity index (χ0v) is 40.1. The van der Waals surface area contributed by atoms with Gasteiger partial charge in [0.05, 0.1) is 18.2 Å². The highest BCUT2D eigenvalue weighted by molar-refractivity contribution is 7.71. The molecule has 13 nitrogen and oxygen atoms in total. The fourth-order valence-corrected chi connectivity index (χ4v) is 9.47. The van der Waals surface area contributed by atoms with Gasteiger partial charge in [-0.05, 0) is 53.2 Å². The molecule has 358 valence electrons. The summed E-state index contributed by atoms with van der Waals surface area (Å²) >= 11 is 5.06. The van der Waals surface area contributed by atoms with Gasteiger partial charge in [-0.15, -0.1) is 0 Å². The van der Waals surface area contributed by atoms with Crippen LogP contribution in [0.3, 0.4) is 0 Å². The maximum atomic E-state index is 13.7. The lowest BCUT2D eigenvalue weighted by Crippen LogP contribution is -2.37. The number of para-hydroxylation sites is 3. The standard InChI is InChI=1S/C31H24N2O3.C13H14N2O2S.C13H14N2O2/c34-29(26-17-10-18-28-30(26)36-20-19-35-28)27-21-33(22-32-27)31(23-11-4-1-5-12-23,24-13-6-2-7-14-24)25-15-8-3-9-16-25;1-8(10-7-14-13(18)15-10)9-3-2-4-11-12(9)17-6-5-16-11;1-9(11-7-14-8-15-11)10-3-2-4-12-13(10)17-6-5-16-12/h1-18,21-22H,19-20H2;2-4,7-8H,5-6H2,1H3,(H2,14,15,18);2-4,7-9H,5-6H2,1H3,(H,14,15). The Morgan fingerprint density at radius 3 is 1.55 bits per heavy atom. The first-order valence-corrected chi connectivity index (χ1v) is 24.0. The Labute approximate surface area is 416 Å². The van der Waals surface area contributed by atoms with E-state index < -0.39 is 5.54 Å². The molecule has 3 aliphatic rings. The van der Waals surface area contributed by atoms with Crippen molar-refractivity contribution in [1.29, 1.82) is 0 Å². The topological polar surface area (TPSA) is 151 Å². The predicted octanol–water partition coefficient (Wildman–Crippen LogP) is 11.1. The van der Waals surface area contributed by atoms with E-state index in [-0.39, 0.29) is 17.6 Å². The number of hydrogen-bond donors (Lipinski definition) is 3. The van der Waals surface area contributed by atoms with Crippen molar-refractivity contribution in [3.05, 3.63) is 232 Å². The summed E-state index contributed by atoms with van der Waals surface area (Å²) in [5.41, 5.74) is 7.60. The summed E-state index contributed by atoms with van der Waals surface area (Å²) in [6, 6.07) is 48.3. The quantitative estimate of drug-likeness (QED) is 0.0686. The van der Waals surface area contributed by atoms with Gasteiger partial charge in [0.25, 0.3) is 0 Å². The van der Waals surface area contributed by atoms with Gasteiger partial charge in [-0.2, -0.15) is 0 Å². The van der Waals surface area contributed by atoms with Crippen LogP contribution < -0.4 is 28.4 Å². The van der Waals surface area contributed by atoms with Crippen LogP contribution in [0, 0.1) is 4.77 Å². The van der Waals surface area contributed by atoms with Crippen molar-refractivity contribution < 1.29 is 33.2 Å². The van der Waals surface area contributed by atoms with Gasteiger partial charge in [0.15, 0.2) is 39.3 Å². The van der Waals surface area contributed by atoms with Gasteiger partial charge < -0.3 is 47.9 Å². The fraction of sp³-hybridized carbons (Fsp3) is 0.193. The Morgan fingerprint density at radius 2 is 1.06 bits per heavy atom. The first-order chi connectivity index (χ1) is 34.9. The van der Waals surface area contributed by atoms with E-state index in [4.69, 9.17) is 40.6 Å². The lowest BCUT2D eigenvalue weighted by molar-refractivity contribution is 0.102. The molecular weight excluding hydrogens is 913 g/mol. The number of aromatic nitrogens is 6. The molecule has 0 bridgehead atoms. The number of ether oxygens (including phenoxy) is 6. The number of ketones is 1. The van der Waals surface area contributed by atoms with Crippen molar-refractivity contribution in [2.45, 2.75) is 31.2 Å². The van der Waals surface area contributed by atoms with Gasteiger partial charge in [0.2, 0.25) is 5.78 Å². The molecule has 2 unspecified atom stereocenters. The van der Waals surface area contributed by atoms with Gasteiger partial charge in [0, 0.05) is 52.9 Å². The highest BCUT2D eigenvalue weighted by atomic mass is 32.1. The van der Waals surface area contributed by atoms with Crippen LogP contribution in [0.4, 0.5) is 0 Å². The van der Waals surface area contributed by atoms with E-state index in [1.54, 1.807) is 24.8 Å². The maximum Gasteiger partial charge on any atom is 0.216 e. The summed E-state index contributed by atoms with van der Waals surface area (Å²) in [4.78, 5) is 31.6. The number of rotatable bonds is 10. The number of carbonyl (C=O) groups is 1. The van der Waals surface area contributed by atoms with E-state index in [9.17, 15) is 4.79 Å². The van der Waals surface area contributed by atoms with E-state index in [0.29, 0.717) is 67.2 Å². The van der Waals surface area contributed by atoms with E-state index in [1.807, 2.05) is 108 Å². The Bertz CT molecular complexity index is 3170. The average Bonchev–Trinajstić information content (AvgIpc) is 4.26. The molecule has 0 amide bonds. The molecule has 9 aromatic rings.